The Labute approximate surface area is 180 Å². The SMILES string of the molecule is N#Cc1ccc([B]Oc2ccc(N3c4ccccc4Oc4ccccc43)cc2O)cc1. The molecule has 0 bridgehead atoms. The number of anilines is 3. The average Bonchev–Trinajstić information content (AvgIpc) is 2.82. The Morgan fingerprint density at radius 2 is 1.48 bits per heavy atom. The van der Waals surface area contributed by atoms with Crippen LogP contribution in [0.4, 0.5) is 17.1 Å². The van der Waals surface area contributed by atoms with E-state index in [0.717, 1.165) is 34.0 Å². The largest absolute Gasteiger partial charge is 0.555 e. The molecular weight excluding hydrogens is 387 g/mol. The van der Waals surface area contributed by atoms with Gasteiger partial charge in [0.1, 0.15) is 5.75 Å². The molecule has 1 aliphatic heterocycles. The molecule has 0 saturated heterocycles. The highest BCUT2D eigenvalue weighted by Gasteiger charge is 2.25. The average molecular weight is 403 g/mol. The van der Waals surface area contributed by atoms with E-state index in [9.17, 15) is 5.11 Å². The van der Waals surface area contributed by atoms with Crippen molar-refractivity contribution in [1.82, 2.24) is 0 Å². The molecule has 1 aliphatic rings. The first-order valence-electron chi connectivity index (χ1n) is 9.72. The van der Waals surface area contributed by atoms with Crippen LogP contribution in [0, 0.1) is 11.3 Å². The summed E-state index contributed by atoms with van der Waals surface area (Å²) in [5.74, 6) is 1.84. The Bertz CT molecular complexity index is 1250. The van der Waals surface area contributed by atoms with E-state index in [0.29, 0.717) is 11.3 Å². The smallest absolute Gasteiger partial charge is 0.408 e. The van der Waals surface area contributed by atoms with Gasteiger partial charge in [-0.2, -0.15) is 5.26 Å². The number of fused-ring (bicyclic) bond motifs is 2. The maximum Gasteiger partial charge on any atom is 0.408 e. The van der Waals surface area contributed by atoms with Gasteiger partial charge in [0.15, 0.2) is 17.2 Å². The Morgan fingerprint density at radius 3 is 2.10 bits per heavy atom. The molecule has 0 aliphatic carbocycles. The summed E-state index contributed by atoms with van der Waals surface area (Å²) >= 11 is 0. The molecule has 1 heterocycles. The summed E-state index contributed by atoms with van der Waals surface area (Å²) in [4.78, 5) is 2.04. The third-order valence-corrected chi connectivity index (χ3v) is 4.99. The summed E-state index contributed by atoms with van der Waals surface area (Å²) in [6, 6.07) is 29.9. The number of benzene rings is 4. The fraction of sp³-hybridized carbons (Fsp3) is 0. The third kappa shape index (κ3) is 3.54. The number of phenolic OH excluding ortho intramolecular Hbond substituents is 1. The van der Waals surface area contributed by atoms with Crippen LogP contribution in [0.2, 0.25) is 0 Å². The monoisotopic (exact) mass is 403 g/mol. The van der Waals surface area contributed by atoms with Crippen molar-refractivity contribution in [2.24, 2.45) is 0 Å². The van der Waals surface area contributed by atoms with Gasteiger partial charge in [-0.05, 0) is 54.0 Å². The second kappa shape index (κ2) is 7.81. The summed E-state index contributed by atoms with van der Waals surface area (Å²) in [6.45, 7) is 0. The minimum Gasteiger partial charge on any atom is -0.555 e. The number of nitriles is 1. The molecule has 0 aromatic heterocycles. The standard InChI is InChI=1S/C25H16BN2O3/c27-16-17-9-11-18(12-10-17)26-31-25-14-13-19(15-22(25)29)28-20-5-1-3-7-23(20)30-24-8-4-2-6-21(24)28/h1-15,29H. The molecule has 0 fully saturated rings. The molecule has 0 amide bonds. The molecule has 147 valence electrons. The highest BCUT2D eigenvalue weighted by molar-refractivity contribution is 6.47. The van der Waals surface area contributed by atoms with Crippen molar-refractivity contribution >= 4 is 30.0 Å². The van der Waals surface area contributed by atoms with E-state index in [1.807, 2.05) is 59.5 Å². The Morgan fingerprint density at radius 1 is 0.839 bits per heavy atom. The zero-order valence-corrected chi connectivity index (χ0v) is 16.4. The maximum atomic E-state index is 10.6. The van der Waals surface area contributed by atoms with Crippen LogP contribution in [0.25, 0.3) is 0 Å². The Balaban J connectivity index is 1.44. The predicted molar refractivity (Wildman–Crippen MR) is 120 cm³/mol. The van der Waals surface area contributed by atoms with Gasteiger partial charge in [0.05, 0.1) is 28.7 Å². The molecule has 1 radical (unpaired) electrons. The van der Waals surface area contributed by atoms with Crippen LogP contribution < -0.4 is 19.8 Å². The van der Waals surface area contributed by atoms with Crippen LogP contribution in [-0.2, 0) is 0 Å². The minimum absolute atomic E-state index is 0.0175. The zero-order valence-electron chi connectivity index (χ0n) is 16.4. The Hall–Kier alpha value is -4.37. The molecule has 31 heavy (non-hydrogen) atoms. The van der Waals surface area contributed by atoms with Crippen molar-refractivity contribution in [3.8, 4) is 29.1 Å². The number of hydrogen-bond donors (Lipinski definition) is 1. The number of phenols is 1. The molecule has 1 N–H and O–H groups in total. The predicted octanol–water partition coefficient (Wildman–Crippen LogP) is 5.16. The fourth-order valence-electron chi connectivity index (χ4n) is 3.50. The number of aromatic hydroxyl groups is 1. The van der Waals surface area contributed by atoms with Gasteiger partial charge in [0.25, 0.3) is 0 Å². The van der Waals surface area contributed by atoms with Crippen LogP contribution >= 0.6 is 0 Å². The molecule has 6 heteroatoms. The van der Waals surface area contributed by atoms with E-state index >= 15 is 0 Å². The summed E-state index contributed by atoms with van der Waals surface area (Å²) in [6.07, 6.45) is 0. The molecular formula is C25H16BN2O3. The number of nitrogens with zero attached hydrogens (tertiary/aromatic N) is 2. The highest BCUT2D eigenvalue weighted by Crippen LogP contribution is 2.50. The summed E-state index contributed by atoms with van der Waals surface area (Å²) < 4.78 is 11.7. The van der Waals surface area contributed by atoms with Crippen LogP contribution in [0.3, 0.4) is 0 Å². The zero-order chi connectivity index (χ0) is 21.2. The van der Waals surface area contributed by atoms with Crippen LogP contribution in [-0.4, -0.2) is 12.6 Å². The molecule has 5 rings (SSSR count). The van der Waals surface area contributed by atoms with Gasteiger partial charge in [-0.1, -0.05) is 36.4 Å². The van der Waals surface area contributed by atoms with Crippen molar-refractivity contribution in [3.63, 3.8) is 0 Å². The van der Waals surface area contributed by atoms with Gasteiger partial charge in [0.2, 0.25) is 0 Å². The minimum atomic E-state index is 0.0175. The van der Waals surface area contributed by atoms with Crippen molar-refractivity contribution in [2.45, 2.75) is 0 Å². The van der Waals surface area contributed by atoms with Crippen molar-refractivity contribution in [2.75, 3.05) is 4.90 Å². The highest BCUT2D eigenvalue weighted by atomic mass is 16.5. The fourth-order valence-corrected chi connectivity index (χ4v) is 3.50. The summed E-state index contributed by atoms with van der Waals surface area (Å²) in [7, 11) is 1.54. The van der Waals surface area contributed by atoms with E-state index < -0.39 is 0 Å². The lowest BCUT2D eigenvalue weighted by Crippen LogP contribution is -2.20. The van der Waals surface area contributed by atoms with E-state index in [-0.39, 0.29) is 5.75 Å². The molecule has 0 spiro atoms. The second-order valence-corrected chi connectivity index (χ2v) is 6.99. The lowest BCUT2D eigenvalue weighted by molar-refractivity contribution is 0.444. The molecule has 0 saturated carbocycles. The first-order chi connectivity index (χ1) is 15.2. The van der Waals surface area contributed by atoms with E-state index in [1.54, 1.807) is 36.4 Å². The van der Waals surface area contributed by atoms with Crippen LogP contribution in [0.15, 0.2) is 91.0 Å². The lowest BCUT2D eigenvalue weighted by Gasteiger charge is -2.32. The van der Waals surface area contributed by atoms with E-state index in [1.165, 1.54) is 7.48 Å². The maximum absolute atomic E-state index is 10.6. The normalized spacial score (nSPS) is 11.5. The topological polar surface area (TPSA) is 65.7 Å². The Kier molecular flexibility index (Phi) is 4.70. The number of hydrogen-bond acceptors (Lipinski definition) is 5. The first-order valence-corrected chi connectivity index (χ1v) is 9.72. The van der Waals surface area contributed by atoms with Crippen LogP contribution in [0.5, 0.6) is 23.0 Å². The van der Waals surface area contributed by atoms with Gasteiger partial charge in [-0.3, -0.25) is 0 Å². The quantitative estimate of drug-likeness (QED) is 0.420. The van der Waals surface area contributed by atoms with E-state index in [4.69, 9.17) is 14.7 Å². The second-order valence-electron chi connectivity index (χ2n) is 6.99. The third-order valence-electron chi connectivity index (χ3n) is 4.99. The lowest BCUT2D eigenvalue weighted by atomic mass is 9.87. The molecule has 4 aromatic rings. The molecule has 0 atom stereocenters. The number of ether oxygens (including phenoxy) is 1. The molecule has 5 nitrogen and oxygen atoms in total. The molecule has 0 unspecified atom stereocenters. The molecule has 4 aromatic carbocycles. The number of para-hydroxylation sites is 4. The van der Waals surface area contributed by atoms with Gasteiger partial charge in [-0.15, -0.1) is 0 Å². The van der Waals surface area contributed by atoms with Gasteiger partial charge < -0.3 is 19.4 Å². The van der Waals surface area contributed by atoms with Crippen molar-refractivity contribution < 1.29 is 14.5 Å². The van der Waals surface area contributed by atoms with E-state index in [2.05, 4.69) is 6.07 Å². The van der Waals surface area contributed by atoms with Gasteiger partial charge in [0, 0.05) is 6.07 Å². The summed E-state index contributed by atoms with van der Waals surface area (Å²) in [5, 5.41) is 19.5. The number of rotatable bonds is 4. The van der Waals surface area contributed by atoms with Gasteiger partial charge >= 0.3 is 7.48 Å². The van der Waals surface area contributed by atoms with Crippen LogP contribution in [0.1, 0.15) is 5.56 Å². The van der Waals surface area contributed by atoms with Crippen molar-refractivity contribution in [3.05, 3.63) is 96.6 Å². The van der Waals surface area contributed by atoms with Gasteiger partial charge in [-0.25, -0.2) is 0 Å². The van der Waals surface area contributed by atoms with Crippen molar-refractivity contribution in [1.29, 1.82) is 5.26 Å². The summed E-state index contributed by atoms with van der Waals surface area (Å²) in [5.41, 5.74) is 3.93. The first kappa shape index (κ1) is 18.7.